The first-order chi connectivity index (χ1) is 12.9. The summed E-state index contributed by atoms with van der Waals surface area (Å²) in [4.78, 5) is 31.2. The maximum atomic E-state index is 13.8. The molecule has 0 saturated carbocycles. The molecule has 3 rings (SSSR count). The molecular weight excluding hydrogens is 361 g/mol. The molecule has 1 aromatic heterocycles. The molecule has 1 aromatic carbocycles. The van der Waals surface area contributed by atoms with Crippen LogP contribution in [0.4, 0.5) is 24.7 Å². The normalized spacial score (nSPS) is 14.2. The van der Waals surface area contributed by atoms with Crippen LogP contribution in [0.15, 0.2) is 30.5 Å². The van der Waals surface area contributed by atoms with Gasteiger partial charge in [-0.15, -0.1) is 0 Å². The van der Waals surface area contributed by atoms with E-state index in [1.807, 2.05) is 0 Å². The van der Waals surface area contributed by atoms with Gasteiger partial charge in [-0.1, -0.05) is 0 Å². The van der Waals surface area contributed by atoms with Crippen LogP contribution in [0.3, 0.4) is 0 Å². The lowest BCUT2D eigenvalue weighted by molar-refractivity contribution is -0.130. The molecule has 0 spiro atoms. The summed E-state index contributed by atoms with van der Waals surface area (Å²) < 4.78 is 40.1. The van der Waals surface area contributed by atoms with Gasteiger partial charge in [0, 0.05) is 44.9 Å². The van der Waals surface area contributed by atoms with Crippen molar-refractivity contribution in [3.63, 3.8) is 0 Å². The smallest absolute Gasteiger partial charge is 0.254 e. The van der Waals surface area contributed by atoms with Gasteiger partial charge in [-0.2, -0.15) is 0 Å². The largest absolute Gasteiger partial charge is 0.339 e. The molecule has 6 nitrogen and oxygen atoms in total. The Labute approximate surface area is 153 Å². The van der Waals surface area contributed by atoms with Gasteiger partial charge >= 0.3 is 0 Å². The van der Waals surface area contributed by atoms with Gasteiger partial charge in [0.15, 0.2) is 17.5 Å². The van der Waals surface area contributed by atoms with E-state index >= 15 is 0 Å². The zero-order valence-electron chi connectivity index (χ0n) is 14.5. The second-order valence-corrected chi connectivity index (χ2v) is 6.08. The number of benzene rings is 1. The molecule has 0 bridgehead atoms. The van der Waals surface area contributed by atoms with E-state index in [2.05, 4.69) is 10.3 Å². The van der Waals surface area contributed by atoms with Gasteiger partial charge in [-0.3, -0.25) is 9.59 Å². The van der Waals surface area contributed by atoms with Crippen molar-refractivity contribution >= 4 is 23.3 Å². The summed E-state index contributed by atoms with van der Waals surface area (Å²) in [6.07, 6.45) is 1.36. The minimum absolute atomic E-state index is 0.0361. The van der Waals surface area contributed by atoms with Crippen molar-refractivity contribution in [1.82, 2.24) is 14.8 Å². The van der Waals surface area contributed by atoms with E-state index in [1.165, 1.54) is 25.3 Å². The zero-order valence-corrected chi connectivity index (χ0v) is 14.5. The number of piperazine rings is 1. The lowest BCUT2D eigenvalue weighted by atomic mass is 10.2. The number of rotatable bonds is 3. The first-order valence-corrected chi connectivity index (χ1v) is 8.28. The number of carbonyl (C=O) groups excluding carboxylic acids is 2. The number of amides is 2. The maximum Gasteiger partial charge on any atom is 0.254 e. The fourth-order valence-electron chi connectivity index (χ4n) is 2.80. The fourth-order valence-corrected chi connectivity index (χ4v) is 2.80. The second-order valence-electron chi connectivity index (χ2n) is 6.08. The average molecular weight is 378 g/mol. The molecule has 27 heavy (non-hydrogen) atoms. The molecule has 0 atom stereocenters. The summed E-state index contributed by atoms with van der Waals surface area (Å²) in [6, 6.07) is 4.75. The van der Waals surface area contributed by atoms with Crippen molar-refractivity contribution in [1.29, 1.82) is 0 Å². The molecular formula is C18H17F3N4O2. The van der Waals surface area contributed by atoms with Gasteiger partial charge in [0.05, 0.1) is 5.69 Å². The highest BCUT2D eigenvalue weighted by Gasteiger charge is 2.23. The van der Waals surface area contributed by atoms with Crippen LogP contribution in [0, 0.1) is 17.5 Å². The Morgan fingerprint density at radius 1 is 1.00 bits per heavy atom. The van der Waals surface area contributed by atoms with Gasteiger partial charge in [0.1, 0.15) is 5.82 Å². The van der Waals surface area contributed by atoms with Crippen LogP contribution < -0.4 is 5.32 Å². The van der Waals surface area contributed by atoms with E-state index in [0.717, 1.165) is 12.1 Å². The molecule has 0 radical (unpaired) electrons. The zero-order chi connectivity index (χ0) is 19.6. The average Bonchev–Trinajstić information content (AvgIpc) is 2.68. The summed E-state index contributed by atoms with van der Waals surface area (Å²) in [5.41, 5.74) is 0.0211. The highest BCUT2D eigenvalue weighted by atomic mass is 19.2. The predicted octanol–water partition coefficient (Wildman–Crippen LogP) is 2.55. The third-order valence-corrected chi connectivity index (χ3v) is 4.32. The number of carbonyl (C=O) groups is 2. The van der Waals surface area contributed by atoms with E-state index < -0.39 is 17.5 Å². The monoisotopic (exact) mass is 378 g/mol. The topological polar surface area (TPSA) is 65.5 Å². The highest BCUT2D eigenvalue weighted by Crippen LogP contribution is 2.23. The number of aromatic nitrogens is 1. The number of hydrogen-bond donors (Lipinski definition) is 1. The van der Waals surface area contributed by atoms with Gasteiger partial charge in [0.2, 0.25) is 5.91 Å². The summed E-state index contributed by atoms with van der Waals surface area (Å²) >= 11 is 0. The minimum Gasteiger partial charge on any atom is -0.339 e. The van der Waals surface area contributed by atoms with Crippen LogP contribution in [0.25, 0.3) is 0 Å². The molecule has 2 aromatic rings. The lowest BCUT2D eigenvalue weighted by Crippen LogP contribution is -2.50. The SMILES string of the molecule is CC(=O)N1CCN(C(=O)c2ccnc(Nc3ccc(F)c(F)c3F)c2)CC1. The van der Waals surface area contributed by atoms with Gasteiger partial charge < -0.3 is 15.1 Å². The minimum atomic E-state index is -1.59. The van der Waals surface area contributed by atoms with Gasteiger partial charge in [-0.25, -0.2) is 18.2 Å². The number of nitrogens with one attached hydrogen (secondary N) is 1. The van der Waals surface area contributed by atoms with Crippen molar-refractivity contribution in [3.05, 3.63) is 53.5 Å². The quantitative estimate of drug-likeness (QED) is 0.834. The summed E-state index contributed by atoms with van der Waals surface area (Å²) in [6.45, 7) is 3.20. The van der Waals surface area contributed by atoms with Crippen LogP contribution in [0.2, 0.25) is 0 Å². The van der Waals surface area contributed by atoms with E-state index in [4.69, 9.17) is 0 Å². The number of halogens is 3. The molecule has 1 aliphatic rings. The number of pyridine rings is 1. The van der Waals surface area contributed by atoms with E-state index in [-0.39, 0.29) is 23.3 Å². The van der Waals surface area contributed by atoms with Crippen molar-refractivity contribution in [2.45, 2.75) is 6.92 Å². The Morgan fingerprint density at radius 2 is 1.67 bits per heavy atom. The van der Waals surface area contributed by atoms with Crippen LogP contribution >= 0.6 is 0 Å². The van der Waals surface area contributed by atoms with Crippen LogP contribution in [-0.4, -0.2) is 52.8 Å². The third-order valence-electron chi connectivity index (χ3n) is 4.32. The van der Waals surface area contributed by atoms with E-state index in [1.54, 1.807) is 9.80 Å². The Bertz CT molecular complexity index is 883. The van der Waals surface area contributed by atoms with E-state index in [9.17, 15) is 22.8 Å². The van der Waals surface area contributed by atoms with Crippen LogP contribution in [-0.2, 0) is 4.79 Å². The first kappa shape index (κ1) is 18.7. The fraction of sp³-hybridized carbons (Fsp3) is 0.278. The molecule has 9 heteroatoms. The first-order valence-electron chi connectivity index (χ1n) is 8.28. The van der Waals surface area contributed by atoms with Crippen molar-refractivity contribution in [2.24, 2.45) is 0 Å². The van der Waals surface area contributed by atoms with Crippen LogP contribution in [0.5, 0.6) is 0 Å². The lowest BCUT2D eigenvalue weighted by Gasteiger charge is -2.34. The van der Waals surface area contributed by atoms with E-state index in [0.29, 0.717) is 31.7 Å². The van der Waals surface area contributed by atoms with Gasteiger partial charge in [0.25, 0.3) is 5.91 Å². The summed E-state index contributed by atoms with van der Waals surface area (Å²) in [5.74, 6) is -4.42. The number of anilines is 2. The number of hydrogen-bond acceptors (Lipinski definition) is 4. The Kier molecular flexibility index (Phi) is 5.29. The van der Waals surface area contributed by atoms with Gasteiger partial charge in [-0.05, 0) is 24.3 Å². The van der Waals surface area contributed by atoms with Crippen molar-refractivity contribution in [2.75, 3.05) is 31.5 Å². The molecule has 1 aliphatic heterocycles. The molecule has 2 amide bonds. The molecule has 142 valence electrons. The van der Waals surface area contributed by atoms with Crippen molar-refractivity contribution < 1.29 is 22.8 Å². The second kappa shape index (κ2) is 7.65. The molecule has 0 unspecified atom stereocenters. The summed E-state index contributed by atoms with van der Waals surface area (Å²) in [5, 5.41) is 2.54. The highest BCUT2D eigenvalue weighted by molar-refractivity contribution is 5.95. The molecule has 1 N–H and O–H groups in total. The molecule has 0 aliphatic carbocycles. The Hall–Kier alpha value is -3.10. The standard InChI is InChI=1S/C18H17F3N4O2/c1-11(26)24-6-8-25(9-7-24)18(27)12-4-5-22-15(10-12)23-14-3-2-13(19)16(20)17(14)21/h2-5,10H,6-9H2,1H3,(H,22,23). The molecule has 2 heterocycles. The maximum absolute atomic E-state index is 13.8. The third kappa shape index (κ3) is 4.02. The number of nitrogens with zero attached hydrogens (tertiary/aromatic N) is 3. The molecule has 1 fully saturated rings. The summed E-state index contributed by atoms with van der Waals surface area (Å²) in [7, 11) is 0. The van der Waals surface area contributed by atoms with Crippen LogP contribution in [0.1, 0.15) is 17.3 Å². The molecule has 1 saturated heterocycles. The Morgan fingerprint density at radius 3 is 2.33 bits per heavy atom. The van der Waals surface area contributed by atoms with Crippen molar-refractivity contribution in [3.8, 4) is 0 Å². The predicted molar refractivity (Wildman–Crippen MR) is 92.0 cm³/mol. The Balaban J connectivity index is 1.73.